The monoisotopic (exact) mass is 420 g/mol. The maximum absolute atomic E-state index is 10.6. The normalized spacial score (nSPS) is 30.0. The average Bonchev–Trinajstić information content (AvgIpc) is 2.87. The number of carboxylic acid groups (broad SMARTS) is 1. The van der Waals surface area contributed by atoms with Gasteiger partial charge < -0.3 is 29.5 Å². The summed E-state index contributed by atoms with van der Waals surface area (Å²) in [4.78, 5) is 10.6. The highest BCUT2D eigenvalue weighted by atomic mass is 16.5. The number of hydrogen-bond donors (Lipinski definition) is 3. The minimum atomic E-state index is -0.973. The first-order valence-electron chi connectivity index (χ1n) is 10.6. The van der Waals surface area contributed by atoms with Gasteiger partial charge in [-0.25, -0.2) is 4.79 Å². The third kappa shape index (κ3) is 6.54. The Morgan fingerprint density at radius 2 is 2.07 bits per heavy atom. The number of aryl methyl sites for hydroxylation is 1. The zero-order valence-corrected chi connectivity index (χ0v) is 17.4. The first kappa shape index (κ1) is 22.7. The zero-order valence-electron chi connectivity index (χ0n) is 17.4. The van der Waals surface area contributed by atoms with Gasteiger partial charge in [-0.3, -0.25) is 0 Å². The molecule has 6 atom stereocenters. The van der Waals surface area contributed by atoms with Crippen molar-refractivity contribution in [2.75, 3.05) is 26.4 Å². The number of aliphatic hydroxyl groups excluding tert-OH is 2. The summed E-state index contributed by atoms with van der Waals surface area (Å²) < 4.78 is 16.8. The van der Waals surface area contributed by atoms with Crippen LogP contribution in [0.1, 0.15) is 24.8 Å². The topological polar surface area (TPSA) is 105 Å². The van der Waals surface area contributed by atoms with Crippen LogP contribution in [0.2, 0.25) is 0 Å². The number of aliphatic carboxylic acids is 1. The number of rotatable bonds is 9. The second-order valence-corrected chi connectivity index (χ2v) is 8.34. The Hall–Kier alpha value is -1.93. The molecule has 2 fully saturated rings. The molecule has 1 heterocycles. The zero-order chi connectivity index (χ0) is 21.5. The van der Waals surface area contributed by atoms with Gasteiger partial charge in [0.1, 0.15) is 25.1 Å². The summed E-state index contributed by atoms with van der Waals surface area (Å²) >= 11 is 0. The standard InChI is InChI=1S/C23H32O7/c1-15-2-6-18(7-3-15)29-13-17(24)5-9-19-20-8-4-16(11-28-14-23(26)27)12-30-22(20)10-21(19)25/h2-3,5-7,9,16-17,19-22,24-25H,4,8,10-14H2,1H3,(H,26,27)/b9-5+/t16-,17-,19-,20-,21-,22+/m1/s1. The van der Waals surface area contributed by atoms with E-state index in [1.807, 2.05) is 37.3 Å². The van der Waals surface area contributed by atoms with E-state index in [-0.39, 0.29) is 37.1 Å². The molecule has 0 unspecified atom stereocenters. The Kier molecular flexibility index (Phi) is 8.27. The van der Waals surface area contributed by atoms with Crippen LogP contribution in [0.4, 0.5) is 0 Å². The van der Waals surface area contributed by atoms with Crippen molar-refractivity contribution in [3.63, 3.8) is 0 Å². The molecular formula is C23H32O7. The van der Waals surface area contributed by atoms with Crippen LogP contribution in [-0.4, -0.2) is 66.0 Å². The summed E-state index contributed by atoms with van der Waals surface area (Å²) in [5.41, 5.74) is 1.15. The number of benzene rings is 1. The fourth-order valence-corrected chi connectivity index (χ4v) is 4.29. The summed E-state index contributed by atoms with van der Waals surface area (Å²) in [6.45, 7) is 2.73. The molecule has 3 rings (SSSR count). The minimum Gasteiger partial charge on any atom is -0.491 e. The average molecular weight is 421 g/mol. The van der Waals surface area contributed by atoms with Crippen molar-refractivity contribution < 1.29 is 34.3 Å². The third-order valence-corrected chi connectivity index (χ3v) is 5.92. The quantitative estimate of drug-likeness (QED) is 0.526. The predicted molar refractivity (Wildman–Crippen MR) is 110 cm³/mol. The van der Waals surface area contributed by atoms with Gasteiger partial charge in [0.05, 0.1) is 25.4 Å². The first-order chi connectivity index (χ1) is 14.4. The third-order valence-electron chi connectivity index (χ3n) is 5.92. The fraction of sp³-hybridized carbons (Fsp3) is 0.609. The molecule has 0 amide bonds. The lowest BCUT2D eigenvalue weighted by atomic mass is 9.87. The van der Waals surface area contributed by atoms with Crippen LogP contribution in [0.3, 0.4) is 0 Å². The van der Waals surface area contributed by atoms with Crippen molar-refractivity contribution in [1.29, 1.82) is 0 Å². The Morgan fingerprint density at radius 3 is 2.80 bits per heavy atom. The first-order valence-corrected chi connectivity index (χ1v) is 10.6. The number of hydrogen-bond acceptors (Lipinski definition) is 6. The van der Waals surface area contributed by atoms with Gasteiger partial charge in [0.25, 0.3) is 0 Å². The van der Waals surface area contributed by atoms with E-state index in [1.165, 1.54) is 0 Å². The van der Waals surface area contributed by atoms with E-state index < -0.39 is 18.2 Å². The molecule has 7 heteroatoms. The lowest BCUT2D eigenvalue weighted by Crippen LogP contribution is -2.22. The van der Waals surface area contributed by atoms with Crippen LogP contribution in [0.25, 0.3) is 0 Å². The summed E-state index contributed by atoms with van der Waals surface area (Å²) in [5, 5.41) is 29.4. The molecule has 0 radical (unpaired) electrons. The molecule has 1 aliphatic heterocycles. The molecule has 0 aromatic heterocycles. The smallest absolute Gasteiger partial charge is 0.329 e. The number of fused-ring (bicyclic) bond motifs is 1. The number of aliphatic hydroxyl groups is 2. The van der Waals surface area contributed by atoms with Gasteiger partial charge in [-0.05, 0) is 37.8 Å². The van der Waals surface area contributed by atoms with Gasteiger partial charge in [-0.2, -0.15) is 0 Å². The van der Waals surface area contributed by atoms with Gasteiger partial charge >= 0.3 is 5.97 Å². The largest absolute Gasteiger partial charge is 0.491 e. The van der Waals surface area contributed by atoms with Crippen molar-refractivity contribution in [2.45, 2.75) is 44.5 Å². The van der Waals surface area contributed by atoms with E-state index in [0.717, 1.165) is 18.4 Å². The van der Waals surface area contributed by atoms with Crippen molar-refractivity contribution >= 4 is 5.97 Å². The second kappa shape index (κ2) is 10.9. The van der Waals surface area contributed by atoms with Crippen LogP contribution in [0.5, 0.6) is 5.75 Å². The van der Waals surface area contributed by atoms with Crippen molar-refractivity contribution in [3.8, 4) is 5.75 Å². The molecule has 1 aromatic rings. The molecule has 30 heavy (non-hydrogen) atoms. The van der Waals surface area contributed by atoms with Crippen molar-refractivity contribution in [1.82, 2.24) is 0 Å². The molecule has 1 saturated heterocycles. The molecular weight excluding hydrogens is 388 g/mol. The van der Waals surface area contributed by atoms with Crippen molar-refractivity contribution in [2.24, 2.45) is 17.8 Å². The Bertz CT molecular complexity index is 702. The van der Waals surface area contributed by atoms with Gasteiger partial charge in [0, 0.05) is 18.3 Å². The molecule has 1 saturated carbocycles. The predicted octanol–water partition coefficient (Wildman–Crippen LogP) is 2.18. The number of ether oxygens (including phenoxy) is 3. The lowest BCUT2D eigenvalue weighted by molar-refractivity contribution is -0.143. The van der Waals surface area contributed by atoms with Gasteiger partial charge in [0.15, 0.2) is 0 Å². The van der Waals surface area contributed by atoms with Crippen LogP contribution < -0.4 is 4.74 Å². The SMILES string of the molecule is Cc1ccc(OC[C@H](O)/C=C/[C@@H]2[C@H]3CC[C@H](COCC(=O)O)CO[C@H]3C[C@H]2O)cc1. The van der Waals surface area contributed by atoms with E-state index in [4.69, 9.17) is 19.3 Å². The van der Waals surface area contributed by atoms with Crippen molar-refractivity contribution in [3.05, 3.63) is 42.0 Å². The fourth-order valence-electron chi connectivity index (χ4n) is 4.29. The lowest BCUT2D eigenvalue weighted by Gasteiger charge is -2.21. The maximum atomic E-state index is 10.6. The molecule has 0 bridgehead atoms. The Morgan fingerprint density at radius 1 is 1.30 bits per heavy atom. The van der Waals surface area contributed by atoms with Crippen LogP contribution in [0.15, 0.2) is 36.4 Å². The second-order valence-electron chi connectivity index (χ2n) is 8.34. The van der Waals surface area contributed by atoms with Crippen LogP contribution >= 0.6 is 0 Å². The Balaban J connectivity index is 1.48. The van der Waals surface area contributed by atoms with Crippen LogP contribution in [0, 0.1) is 24.7 Å². The van der Waals surface area contributed by atoms with Gasteiger partial charge in [-0.15, -0.1) is 0 Å². The van der Waals surface area contributed by atoms with E-state index in [0.29, 0.717) is 25.4 Å². The molecule has 1 aromatic carbocycles. The molecule has 166 valence electrons. The van der Waals surface area contributed by atoms with Gasteiger partial charge in [0.2, 0.25) is 0 Å². The molecule has 7 nitrogen and oxygen atoms in total. The van der Waals surface area contributed by atoms with E-state index in [9.17, 15) is 15.0 Å². The number of carbonyl (C=O) groups is 1. The van der Waals surface area contributed by atoms with Crippen LogP contribution in [-0.2, 0) is 14.3 Å². The summed E-state index contributed by atoms with van der Waals surface area (Å²) in [6.07, 6.45) is 4.59. The van der Waals surface area contributed by atoms with E-state index in [2.05, 4.69) is 0 Å². The highest BCUT2D eigenvalue weighted by Gasteiger charge is 2.43. The number of carboxylic acids is 1. The summed E-state index contributed by atoms with van der Waals surface area (Å²) in [6, 6.07) is 7.66. The molecule has 0 spiro atoms. The minimum absolute atomic E-state index is 0.0277. The summed E-state index contributed by atoms with van der Waals surface area (Å²) in [5.74, 6) is -0.0131. The van der Waals surface area contributed by atoms with E-state index in [1.54, 1.807) is 6.08 Å². The highest BCUT2D eigenvalue weighted by molar-refractivity contribution is 5.67. The highest BCUT2D eigenvalue weighted by Crippen LogP contribution is 2.41. The van der Waals surface area contributed by atoms with E-state index >= 15 is 0 Å². The maximum Gasteiger partial charge on any atom is 0.329 e. The molecule has 2 aliphatic rings. The summed E-state index contributed by atoms with van der Waals surface area (Å²) in [7, 11) is 0. The Labute approximate surface area is 177 Å². The molecule has 1 aliphatic carbocycles. The van der Waals surface area contributed by atoms with Gasteiger partial charge in [-0.1, -0.05) is 29.8 Å². The molecule has 3 N–H and O–H groups in total.